The Kier molecular flexibility index (Phi) is 3.52. The lowest BCUT2D eigenvalue weighted by molar-refractivity contribution is -0.191. The smallest absolute Gasteiger partial charge is 0.196 e. The number of hydrogen-bond donors (Lipinski definition) is 0. The van der Waals surface area contributed by atoms with Gasteiger partial charge < -0.3 is 14.2 Å². The predicted octanol–water partition coefficient (Wildman–Crippen LogP) is 2.04. The molecule has 1 aliphatic heterocycles. The maximum Gasteiger partial charge on any atom is 0.196 e. The molecule has 2 atom stereocenters. The zero-order valence-corrected chi connectivity index (χ0v) is 10.9. The van der Waals surface area contributed by atoms with E-state index in [0.717, 1.165) is 0 Å². The standard InChI is InChI=1S/C14H18O4/c1-13(9-17-14(2,18-13)10-16-3)12(15)11-7-5-4-6-8-11/h4-8H,9-10H2,1-3H3/t13-,14-/m0/s1. The average molecular weight is 250 g/mol. The molecule has 18 heavy (non-hydrogen) atoms. The summed E-state index contributed by atoms with van der Waals surface area (Å²) in [6.45, 7) is 4.06. The van der Waals surface area contributed by atoms with Crippen LogP contribution in [-0.4, -0.2) is 37.5 Å². The van der Waals surface area contributed by atoms with Gasteiger partial charge in [-0.25, -0.2) is 0 Å². The highest BCUT2D eigenvalue weighted by Gasteiger charge is 2.49. The highest BCUT2D eigenvalue weighted by Crippen LogP contribution is 2.33. The molecule has 1 aromatic carbocycles. The summed E-state index contributed by atoms with van der Waals surface area (Å²) in [4.78, 5) is 12.4. The Labute approximate surface area is 107 Å². The fraction of sp³-hybridized carbons (Fsp3) is 0.500. The molecule has 0 amide bonds. The topological polar surface area (TPSA) is 44.8 Å². The van der Waals surface area contributed by atoms with Crippen LogP contribution in [-0.2, 0) is 14.2 Å². The first kappa shape index (κ1) is 13.2. The van der Waals surface area contributed by atoms with Gasteiger partial charge in [0.1, 0.15) is 6.61 Å². The summed E-state index contributed by atoms with van der Waals surface area (Å²) in [5.74, 6) is -0.920. The van der Waals surface area contributed by atoms with Crippen LogP contribution in [0.5, 0.6) is 0 Å². The van der Waals surface area contributed by atoms with Gasteiger partial charge in [0.25, 0.3) is 0 Å². The van der Waals surface area contributed by atoms with Crippen molar-refractivity contribution in [2.24, 2.45) is 0 Å². The summed E-state index contributed by atoms with van der Waals surface area (Å²) in [7, 11) is 1.58. The van der Waals surface area contributed by atoms with E-state index in [1.54, 1.807) is 33.1 Å². The molecule has 1 fully saturated rings. The van der Waals surface area contributed by atoms with Crippen molar-refractivity contribution in [3.8, 4) is 0 Å². The van der Waals surface area contributed by atoms with Crippen LogP contribution in [0.1, 0.15) is 24.2 Å². The molecule has 0 spiro atoms. The number of ketones is 1. The van der Waals surface area contributed by atoms with Gasteiger partial charge >= 0.3 is 0 Å². The molecule has 1 aromatic rings. The van der Waals surface area contributed by atoms with Crippen LogP contribution in [0.25, 0.3) is 0 Å². The van der Waals surface area contributed by atoms with Crippen LogP contribution in [0.2, 0.25) is 0 Å². The molecule has 0 aromatic heterocycles. The van der Waals surface area contributed by atoms with Gasteiger partial charge in [0, 0.05) is 12.7 Å². The van der Waals surface area contributed by atoms with Crippen molar-refractivity contribution in [3.63, 3.8) is 0 Å². The molecule has 0 N–H and O–H groups in total. The molecule has 4 nitrogen and oxygen atoms in total. The fourth-order valence-corrected chi connectivity index (χ4v) is 2.17. The van der Waals surface area contributed by atoms with E-state index >= 15 is 0 Å². The molecule has 2 rings (SSSR count). The van der Waals surface area contributed by atoms with E-state index in [9.17, 15) is 4.79 Å². The van der Waals surface area contributed by atoms with Crippen molar-refractivity contribution < 1.29 is 19.0 Å². The third-order valence-electron chi connectivity index (χ3n) is 3.02. The van der Waals surface area contributed by atoms with Crippen LogP contribution in [0.4, 0.5) is 0 Å². The highest BCUT2D eigenvalue weighted by molar-refractivity contribution is 6.02. The van der Waals surface area contributed by atoms with Gasteiger partial charge in [-0.1, -0.05) is 30.3 Å². The SMILES string of the molecule is COC[C@@]1(C)OC[C@@](C)(C(=O)c2ccccc2)O1. The molecule has 98 valence electrons. The Morgan fingerprint density at radius 2 is 2.00 bits per heavy atom. The molecule has 0 aliphatic carbocycles. The van der Waals surface area contributed by atoms with Gasteiger partial charge in [-0.2, -0.15) is 0 Å². The Morgan fingerprint density at radius 1 is 1.33 bits per heavy atom. The van der Waals surface area contributed by atoms with Gasteiger partial charge in [0.15, 0.2) is 17.2 Å². The number of ether oxygens (including phenoxy) is 3. The zero-order chi connectivity index (χ0) is 13.2. The number of carbonyl (C=O) groups is 1. The van der Waals surface area contributed by atoms with Gasteiger partial charge in [-0.3, -0.25) is 4.79 Å². The quantitative estimate of drug-likeness (QED) is 0.767. The zero-order valence-electron chi connectivity index (χ0n) is 10.9. The van der Waals surface area contributed by atoms with E-state index in [1.165, 1.54) is 0 Å². The van der Waals surface area contributed by atoms with Crippen LogP contribution in [0.15, 0.2) is 30.3 Å². The van der Waals surface area contributed by atoms with Crippen molar-refractivity contribution in [2.45, 2.75) is 25.2 Å². The summed E-state index contributed by atoms with van der Waals surface area (Å²) >= 11 is 0. The number of carbonyl (C=O) groups excluding carboxylic acids is 1. The van der Waals surface area contributed by atoms with Crippen LogP contribution in [0.3, 0.4) is 0 Å². The van der Waals surface area contributed by atoms with Crippen LogP contribution < -0.4 is 0 Å². The van der Waals surface area contributed by atoms with E-state index in [-0.39, 0.29) is 12.4 Å². The first-order valence-corrected chi connectivity index (χ1v) is 5.92. The summed E-state index contributed by atoms with van der Waals surface area (Å²) < 4.78 is 16.4. The first-order chi connectivity index (χ1) is 8.49. The molecule has 1 heterocycles. The van der Waals surface area contributed by atoms with Gasteiger partial charge in [-0.15, -0.1) is 0 Å². The Balaban J connectivity index is 2.17. The second-order valence-corrected chi connectivity index (χ2v) is 4.88. The second-order valence-electron chi connectivity index (χ2n) is 4.88. The lowest BCUT2D eigenvalue weighted by Crippen LogP contribution is -2.41. The summed E-state index contributed by atoms with van der Waals surface area (Å²) in [6.07, 6.45) is 0. The minimum absolute atomic E-state index is 0.0667. The Hall–Kier alpha value is -1.23. The molecule has 0 saturated carbocycles. The third-order valence-corrected chi connectivity index (χ3v) is 3.02. The van der Waals surface area contributed by atoms with Gasteiger partial charge in [0.05, 0.1) is 6.61 Å². The first-order valence-electron chi connectivity index (χ1n) is 5.92. The molecular formula is C14H18O4. The van der Waals surface area contributed by atoms with Crippen LogP contribution >= 0.6 is 0 Å². The Morgan fingerprint density at radius 3 is 2.61 bits per heavy atom. The average Bonchev–Trinajstić information content (AvgIpc) is 2.67. The molecule has 0 unspecified atom stereocenters. The number of methoxy groups -OCH3 is 1. The molecule has 0 bridgehead atoms. The van der Waals surface area contributed by atoms with Gasteiger partial charge in [-0.05, 0) is 13.8 Å². The molecular weight excluding hydrogens is 232 g/mol. The third kappa shape index (κ3) is 2.46. The lowest BCUT2D eigenvalue weighted by atomic mass is 9.96. The van der Waals surface area contributed by atoms with Crippen LogP contribution in [0, 0.1) is 0 Å². The Bertz CT molecular complexity index is 431. The molecule has 0 radical (unpaired) electrons. The monoisotopic (exact) mass is 250 g/mol. The number of benzene rings is 1. The van der Waals surface area contributed by atoms with Crippen molar-refractivity contribution in [3.05, 3.63) is 35.9 Å². The number of hydrogen-bond acceptors (Lipinski definition) is 4. The van der Waals surface area contributed by atoms with E-state index in [4.69, 9.17) is 14.2 Å². The molecule has 4 heteroatoms. The largest absolute Gasteiger partial charge is 0.379 e. The van der Waals surface area contributed by atoms with E-state index in [0.29, 0.717) is 12.2 Å². The van der Waals surface area contributed by atoms with Crippen molar-refractivity contribution in [1.82, 2.24) is 0 Å². The molecule has 1 saturated heterocycles. The van der Waals surface area contributed by atoms with E-state index < -0.39 is 11.4 Å². The maximum absolute atomic E-state index is 12.4. The second kappa shape index (κ2) is 4.80. The lowest BCUT2D eigenvalue weighted by Gasteiger charge is -2.26. The van der Waals surface area contributed by atoms with Crippen molar-refractivity contribution in [1.29, 1.82) is 0 Å². The molecule has 1 aliphatic rings. The predicted molar refractivity (Wildman–Crippen MR) is 66.5 cm³/mol. The van der Waals surface area contributed by atoms with Gasteiger partial charge in [0.2, 0.25) is 0 Å². The van der Waals surface area contributed by atoms with E-state index in [2.05, 4.69) is 0 Å². The van der Waals surface area contributed by atoms with E-state index in [1.807, 2.05) is 18.2 Å². The minimum Gasteiger partial charge on any atom is -0.379 e. The summed E-state index contributed by atoms with van der Waals surface area (Å²) in [5.41, 5.74) is -0.320. The summed E-state index contributed by atoms with van der Waals surface area (Å²) in [6, 6.07) is 9.10. The van der Waals surface area contributed by atoms with Crippen molar-refractivity contribution in [2.75, 3.05) is 20.3 Å². The summed E-state index contributed by atoms with van der Waals surface area (Å²) in [5, 5.41) is 0. The minimum atomic E-state index is -0.950. The number of rotatable bonds is 4. The maximum atomic E-state index is 12.4. The number of Topliss-reactive ketones (excluding diaryl/α,β-unsaturated/α-hetero) is 1. The highest BCUT2D eigenvalue weighted by atomic mass is 16.8. The van der Waals surface area contributed by atoms with Crippen molar-refractivity contribution >= 4 is 5.78 Å². The fourth-order valence-electron chi connectivity index (χ4n) is 2.17. The normalized spacial score (nSPS) is 31.5.